The molecule has 0 N–H and O–H groups in total. The molecule has 164 valence electrons. The van der Waals surface area contributed by atoms with E-state index in [0.29, 0.717) is 25.6 Å². The van der Waals surface area contributed by atoms with E-state index in [0.717, 1.165) is 29.7 Å². The zero-order valence-corrected chi connectivity index (χ0v) is 17.7. The lowest BCUT2D eigenvalue weighted by Crippen LogP contribution is -2.37. The minimum atomic E-state index is -4.10. The van der Waals surface area contributed by atoms with Crippen LogP contribution in [0.4, 0.5) is 13.2 Å². The molecule has 0 unspecified atom stereocenters. The molecule has 30 heavy (non-hydrogen) atoms. The van der Waals surface area contributed by atoms with Crippen LogP contribution in [-0.2, 0) is 9.84 Å². The normalized spacial score (nSPS) is 16.5. The maximum Gasteiger partial charge on any atom is 0.390 e. The number of hydrogen-bond donors (Lipinski definition) is 0. The predicted octanol–water partition coefficient (Wildman–Crippen LogP) is 4.80. The number of rotatable bonds is 7. The third-order valence-corrected chi connectivity index (χ3v) is 6.50. The molecule has 2 aromatic carbocycles. The van der Waals surface area contributed by atoms with Crippen molar-refractivity contribution < 1.29 is 26.3 Å². The van der Waals surface area contributed by atoms with Crippen molar-refractivity contribution in [2.24, 2.45) is 5.92 Å². The summed E-state index contributed by atoms with van der Waals surface area (Å²) in [4.78, 5) is 2.16. The highest BCUT2D eigenvalue weighted by atomic mass is 32.2. The van der Waals surface area contributed by atoms with Crippen molar-refractivity contribution in [1.82, 2.24) is 4.90 Å². The smallest absolute Gasteiger partial charge is 0.390 e. The maximum absolute atomic E-state index is 12.3. The van der Waals surface area contributed by atoms with Crippen molar-refractivity contribution in [1.29, 1.82) is 0 Å². The first-order valence-electron chi connectivity index (χ1n) is 9.93. The topological polar surface area (TPSA) is 46.6 Å². The number of hydrogen-bond acceptors (Lipinski definition) is 4. The van der Waals surface area contributed by atoms with Gasteiger partial charge in [-0.15, -0.1) is 0 Å². The second-order valence-electron chi connectivity index (χ2n) is 7.78. The Hall–Kier alpha value is -2.06. The zero-order valence-electron chi connectivity index (χ0n) is 16.9. The third kappa shape index (κ3) is 6.74. The number of piperidine rings is 1. The Morgan fingerprint density at radius 3 is 2.00 bits per heavy atom. The quantitative estimate of drug-likeness (QED) is 0.619. The Morgan fingerprint density at radius 2 is 1.50 bits per heavy atom. The number of benzene rings is 2. The van der Waals surface area contributed by atoms with Gasteiger partial charge >= 0.3 is 6.18 Å². The van der Waals surface area contributed by atoms with Crippen LogP contribution in [0.25, 0.3) is 11.1 Å². The summed E-state index contributed by atoms with van der Waals surface area (Å²) in [5.74, 6) is 1.08. The molecule has 0 atom stereocenters. The van der Waals surface area contributed by atoms with Gasteiger partial charge in [0.15, 0.2) is 9.84 Å². The Kier molecular flexibility index (Phi) is 7.08. The lowest BCUT2D eigenvalue weighted by molar-refractivity contribution is -0.138. The summed E-state index contributed by atoms with van der Waals surface area (Å²) < 4.78 is 66.0. The minimum Gasteiger partial charge on any atom is -0.493 e. The van der Waals surface area contributed by atoms with Gasteiger partial charge in [-0.3, -0.25) is 0 Å². The molecule has 3 rings (SSSR count). The number of likely N-dealkylation sites (tertiary alicyclic amines) is 1. The lowest BCUT2D eigenvalue weighted by Gasteiger charge is -2.32. The molecule has 1 aliphatic heterocycles. The van der Waals surface area contributed by atoms with E-state index in [2.05, 4.69) is 0 Å². The summed E-state index contributed by atoms with van der Waals surface area (Å²) in [6, 6.07) is 14.3. The molecule has 1 aliphatic rings. The summed E-state index contributed by atoms with van der Waals surface area (Å²) in [5.41, 5.74) is 1.88. The van der Waals surface area contributed by atoms with Crippen molar-refractivity contribution in [2.75, 3.05) is 32.5 Å². The number of halogens is 3. The standard InChI is InChI=1S/C22H26F3NO3S/c1-30(27,28)21-8-4-19(5-9-21)18-2-6-20(7-3-18)29-16-17-10-13-26(14-11-17)15-12-22(23,24)25/h2-9,17H,10-16H2,1H3. The van der Waals surface area contributed by atoms with Crippen LogP contribution in [0.1, 0.15) is 19.3 Å². The molecule has 2 aromatic rings. The van der Waals surface area contributed by atoms with Gasteiger partial charge in [-0.05, 0) is 67.2 Å². The fraction of sp³-hybridized carbons (Fsp3) is 0.455. The summed E-state index contributed by atoms with van der Waals surface area (Å²) in [5, 5.41) is 0. The molecule has 0 amide bonds. The molecular weight excluding hydrogens is 415 g/mol. The number of nitrogens with zero attached hydrogens (tertiary/aromatic N) is 1. The molecule has 0 saturated carbocycles. The van der Waals surface area contributed by atoms with Gasteiger partial charge in [-0.2, -0.15) is 13.2 Å². The molecular formula is C22H26F3NO3S. The average molecular weight is 442 g/mol. The van der Waals surface area contributed by atoms with Crippen LogP contribution in [0, 0.1) is 5.92 Å². The summed E-state index contributed by atoms with van der Waals surface area (Å²) in [6.45, 7) is 1.97. The molecule has 4 nitrogen and oxygen atoms in total. The molecule has 0 aromatic heterocycles. The minimum absolute atomic E-state index is 0.0731. The second-order valence-corrected chi connectivity index (χ2v) is 9.80. The van der Waals surface area contributed by atoms with Gasteiger partial charge in [-0.25, -0.2) is 8.42 Å². The highest BCUT2D eigenvalue weighted by Crippen LogP contribution is 2.26. The van der Waals surface area contributed by atoms with E-state index in [1.807, 2.05) is 29.2 Å². The largest absolute Gasteiger partial charge is 0.493 e. The fourth-order valence-corrected chi connectivity index (χ4v) is 4.14. The van der Waals surface area contributed by atoms with E-state index in [1.54, 1.807) is 24.3 Å². The molecule has 8 heteroatoms. The molecule has 0 spiro atoms. The van der Waals surface area contributed by atoms with Crippen LogP contribution in [0.3, 0.4) is 0 Å². The van der Waals surface area contributed by atoms with Crippen LogP contribution in [0.2, 0.25) is 0 Å². The van der Waals surface area contributed by atoms with Gasteiger partial charge in [0.1, 0.15) is 5.75 Å². The van der Waals surface area contributed by atoms with Crippen molar-refractivity contribution >= 4 is 9.84 Å². The van der Waals surface area contributed by atoms with E-state index in [1.165, 1.54) is 6.26 Å². The Morgan fingerprint density at radius 1 is 0.967 bits per heavy atom. The number of sulfone groups is 1. The molecule has 1 fully saturated rings. The number of alkyl halides is 3. The predicted molar refractivity (Wildman–Crippen MR) is 110 cm³/mol. The molecule has 0 bridgehead atoms. The van der Waals surface area contributed by atoms with Crippen LogP contribution < -0.4 is 4.74 Å². The third-order valence-electron chi connectivity index (χ3n) is 5.37. The Bertz CT molecular complexity index is 918. The highest BCUT2D eigenvalue weighted by molar-refractivity contribution is 7.90. The lowest BCUT2D eigenvalue weighted by atomic mass is 9.97. The summed E-state index contributed by atoms with van der Waals surface area (Å²) in [7, 11) is -3.21. The highest BCUT2D eigenvalue weighted by Gasteiger charge is 2.29. The van der Waals surface area contributed by atoms with Gasteiger partial charge in [0, 0.05) is 12.8 Å². The molecule has 1 heterocycles. The summed E-state index contributed by atoms with van der Waals surface area (Å²) in [6.07, 6.45) is -1.99. The average Bonchev–Trinajstić information content (AvgIpc) is 2.71. The van der Waals surface area contributed by atoms with Gasteiger partial charge in [0.25, 0.3) is 0 Å². The van der Waals surface area contributed by atoms with Crippen molar-refractivity contribution in [3.8, 4) is 16.9 Å². The van der Waals surface area contributed by atoms with Gasteiger partial charge < -0.3 is 9.64 Å². The first-order chi connectivity index (χ1) is 14.1. The van der Waals surface area contributed by atoms with E-state index in [9.17, 15) is 21.6 Å². The van der Waals surface area contributed by atoms with Crippen LogP contribution in [-0.4, -0.2) is 52.0 Å². The SMILES string of the molecule is CS(=O)(=O)c1ccc(-c2ccc(OCC3CCN(CCC(F)(F)F)CC3)cc2)cc1. The van der Waals surface area contributed by atoms with E-state index < -0.39 is 22.4 Å². The van der Waals surface area contributed by atoms with Gasteiger partial charge in [0.2, 0.25) is 0 Å². The Balaban J connectivity index is 1.46. The van der Waals surface area contributed by atoms with Crippen molar-refractivity contribution in [3.63, 3.8) is 0 Å². The van der Waals surface area contributed by atoms with E-state index >= 15 is 0 Å². The van der Waals surface area contributed by atoms with Crippen LogP contribution in [0.15, 0.2) is 53.4 Å². The first kappa shape index (κ1) is 22.6. The Labute approximate surface area is 175 Å². The second kappa shape index (κ2) is 9.39. The molecule has 0 aliphatic carbocycles. The van der Waals surface area contributed by atoms with Crippen LogP contribution >= 0.6 is 0 Å². The molecule has 0 radical (unpaired) electrons. The first-order valence-corrected chi connectivity index (χ1v) is 11.8. The number of ether oxygens (including phenoxy) is 1. The summed E-state index contributed by atoms with van der Waals surface area (Å²) >= 11 is 0. The van der Waals surface area contributed by atoms with E-state index in [4.69, 9.17) is 4.74 Å². The monoisotopic (exact) mass is 441 g/mol. The molecule has 1 saturated heterocycles. The van der Waals surface area contributed by atoms with Crippen LogP contribution in [0.5, 0.6) is 5.75 Å². The van der Waals surface area contributed by atoms with Crippen molar-refractivity contribution in [2.45, 2.75) is 30.3 Å². The zero-order chi connectivity index (χ0) is 21.8. The van der Waals surface area contributed by atoms with Crippen molar-refractivity contribution in [3.05, 3.63) is 48.5 Å². The van der Waals surface area contributed by atoms with Gasteiger partial charge in [0.05, 0.1) is 17.9 Å². The fourth-order valence-electron chi connectivity index (χ4n) is 3.51. The maximum atomic E-state index is 12.3. The van der Waals surface area contributed by atoms with Gasteiger partial charge in [-0.1, -0.05) is 24.3 Å². The van der Waals surface area contributed by atoms with E-state index in [-0.39, 0.29) is 11.4 Å².